The molecule has 0 amide bonds. The molecule has 4 nitrogen and oxygen atoms in total. The summed E-state index contributed by atoms with van der Waals surface area (Å²) in [6.45, 7) is 0. The Hall–Kier alpha value is -1.53. The molecule has 0 radical (unpaired) electrons. The van der Waals surface area contributed by atoms with Crippen molar-refractivity contribution < 1.29 is 8.78 Å². The minimum atomic E-state index is -2.51. The topological polar surface area (TPSA) is 55.9 Å². The lowest BCUT2D eigenvalue weighted by molar-refractivity contribution is 0.0980. The molecule has 0 saturated heterocycles. The van der Waals surface area contributed by atoms with Crippen molar-refractivity contribution >= 4 is 10.9 Å². The van der Waals surface area contributed by atoms with Crippen molar-refractivity contribution in [3.05, 3.63) is 30.0 Å². The van der Waals surface area contributed by atoms with Crippen LogP contribution < -0.4 is 11.3 Å². The molecule has 1 aromatic carbocycles. The van der Waals surface area contributed by atoms with Gasteiger partial charge in [0, 0.05) is 18.9 Å². The first-order valence-electron chi connectivity index (χ1n) is 5.28. The van der Waals surface area contributed by atoms with Crippen LogP contribution in [0.2, 0.25) is 0 Å². The summed E-state index contributed by atoms with van der Waals surface area (Å²) in [5, 5.41) is 5.13. The molecular weight excluding hydrogens is 226 g/mol. The quantitative estimate of drug-likeness (QED) is 0.624. The molecule has 1 unspecified atom stereocenters. The Morgan fingerprint density at radius 2 is 2.12 bits per heavy atom. The summed E-state index contributed by atoms with van der Waals surface area (Å²) in [5.74, 6) is 5.11. The van der Waals surface area contributed by atoms with Crippen LogP contribution in [0.25, 0.3) is 10.9 Å². The fourth-order valence-corrected chi connectivity index (χ4v) is 1.87. The van der Waals surface area contributed by atoms with Crippen molar-refractivity contribution in [3.63, 3.8) is 0 Å². The number of hydrogen-bond donors (Lipinski definition) is 2. The van der Waals surface area contributed by atoms with Gasteiger partial charge in [0.1, 0.15) is 0 Å². The Labute approximate surface area is 97.4 Å². The van der Waals surface area contributed by atoms with Gasteiger partial charge < -0.3 is 0 Å². The van der Waals surface area contributed by atoms with E-state index in [2.05, 4.69) is 10.5 Å². The maximum absolute atomic E-state index is 12.6. The van der Waals surface area contributed by atoms with Crippen molar-refractivity contribution in [1.29, 1.82) is 0 Å². The number of nitrogens with zero attached hydrogens (tertiary/aromatic N) is 2. The molecule has 0 aliphatic heterocycles. The second kappa shape index (κ2) is 4.77. The van der Waals surface area contributed by atoms with Crippen molar-refractivity contribution in [2.75, 3.05) is 0 Å². The van der Waals surface area contributed by atoms with E-state index in [4.69, 9.17) is 5.84 Å². The summed E-state index contributed by atoms with van der Waals surface area (Å²) in [6, 6.07) is 6.45. The summed E-state index contributed by atoms with van der Waals surface area (Å²) in [4.78, 5) is 0. The van der Waals surface area contributed by atoms with Gasteiger partial charge in [-0.1, -0.05) is 18.2 Å². The zero-order chi connectivity index (χ0) is 12.4. The molecule has 0 saturated carbocycles. The zero-order valence-electron chi connectivity index (χ0n) is 9.40. The van der Waals surface area contributed by atoms with Crippen LogP contribution >= 0.6 is 0 Å². The van der Waals surface area contributed by atoms with Gasteiger partial charge in [-0.2, -0.15) is 5.10 Å². The van der Waals surface area contributed by atoms with E-state index >= 15 is 0 Å². The highest BCUT2D eigenvalue weighted by Gasteiger charge is 2.21. The van der Waals surface area contributed by atoms with Crippen molar-refractivity contribution in [3.8, 4) is 0 Å². The number of aryl methyl sites for hydroxylation is 1. The molecule has 1 aromatic heterocycles. The van der Waals surface area contributed by atoms with Crippen LogP contribution in [0.15, 0.2) is 24.3 Å². The van der Waals surface area contributed by atoms with E-state index in [0.717, 1.165) is 10.9 Å². The smallest absolute Gasteiger partial charge is 0.255 e. The maximum Gasteiger partial charge on any atom is 0.255 e. The highest BCUT2D eigenvalue weighted by atomic mass is 19.3. The number of para-hydroxylation sites is 1. The van der Waals surface area contributed by atoms with Gasteiger partial charge >= 0.3 is 0 Å². The van der Waals surface area contributed by atoms with Crippen LogP contribution in [0.5, 0.6) is 0 Å². The Bertz CT molecular complexity index is 509. The number of alkyl halides is 2. The first kappa shape index (κ1) is 11.9. The summed E-state index contributed by atoms with van der Waals surface area (Å²) in [5.41, 5.74) is 3.68. The number of nitrogens with one attached hydrogen (secondary N) is 1. The number of hydrazine groups is 1. The van der Waals surface area contributed by atoms with Crippen LogP contribution in [0, 0.1) is 0 Å². The third-order valence-corrected chi connectivity index (χ3v) is 2.77. The number of fused-ring (bicyclic) bond motifs is 1. The minimum Gasteiger partial charge on any atom is -0.271 e. The predicted octanol–water partition coefficient (Wildman–Crippen LogP) is 1.21. The van der Waals surface area contributed by atoms with Crippen LogP contribution in [-0.4, -0.2) is 22.2 Å². The van der Waals surface area contributed by atoms with E-state index in [0.29, 0.717) is 5.69 Å². The Kier molecular flexibility index (Phi) is 3.35. The molecule has 0 aliphatic rings. The molecule has 2 aromatic rings. The van der Waals surface area contributed by atoms with E-state index in [1.54, 1.807) is 11.7 Å². The number of hydrogen-bond acceptors (Lipinski definition) is 3. The van der Waals surface area contributed by atoms with Crippen LogP contribution in [0.4, 0.5) is 8.78 Å². The molecule has 17 heavy (non-hydrogen) atoms. The molecule has 0 bridgehead atoms. The lowest BCUT2D eigenvalue weighted by Gasteiger charge is -2.12. The lowest BCUT2D eigenvalue weighted by atomic mass is 10.1. The Morgan fingerprint density at radius 1 is 1.41 bits per heavy atom. The molecule has 0 spiro atoms. The molecule has 0 fully saturated rings. The molecular formula is C11H14F2N4. The second-order valence-electron chi connectivity index (χ2n) is 3.90. The van der Waals surface area contributed by atoms with Gasteiger partial charge in [-0.3, -0.25) is 16.0 Å². The van der Waals surface area contributed by atoms with Gasteiger partial charge in [0.15, 0.2) is 0 Å². The average Bonchev–Trinajstić information content (AvgIpc) is 2.63. The first-order chi connectivity index (χ1) is 8.13. The van der Waals surface area contributed by atoms with Gasteiger partial charge in [0.05, 0.1) is 17.3 Å². The fraction of sp³-hybridized carbons (Fsp3) is 0.364. The van der Waals surface area contributed by atoms with Crippen molar-refractivity contribution in [2.45, 2.75) is 18.9 Å². The summed E-state index contributed by atoms with van der Waals surface area (Å²) in [6.07, 6.45) is -2.41. The molecule has 0 aliphatic carbocycles. The van der Waals surface area contributed by atoms with E-state index in [1.165, 1.54) is 0 Å². The van der Waals surface area contributed by atoms with Gasteiger partial charge in [-0.05, 0) is 6.07 Å². The number of halogens is 2. The Morgan fingerprint density at radius 3 is 2.76 bits per heavy atom. The van der Waals surface area contributed by atoms with E-state index in [1.807, 2.05) is 24.3 Å². The summed E-state index contributed by atoms with van der Waals surface area (Å²) >= 11 is 0. The highest BCUT2D eigenvalue weighted by Crippen LogP contribution is 2.19. The number of benzene rings is 1. The molecule has 3 N–H and O–H groups in total. The summed E-state index contributed by atoms with van der Waals surface area (Å²) in [7, 11) is 1.79. The van der Waals surface area contributed by atoms with Crippen LogP contribution in [0.1, 0.15) is 5.69 Å². The predicted molar refractivity (Wildman–Crippen MR) is 61.5 cm³/mol. The van der Waals surface area contributed by atoms with Crippen LogP contribution in [-0.2, 0) is 13.5 Å². The highest BCUT2D eigenvalue weighted by molar-refractivity contribution is 5.81. The third-order valence-electron chi connectivity index (χ3n) is 2.77. The van der Waals surface area contributed by atoms with E-state index < -0.39 is 12.5 Å². The largest absolute Gasteiger partial charge is 0.271 e. The number of nitrogens with two attached hydrogens (primary N) is 1. The Balaban J connectivity index is 2.36. The minimum absolute atomic E-state index is 0.107. The SMILES string of the molecule is Cn1nc(CC(NN)C(F)F)c2ccccc21. The molecule has 2 rings (SSSR count). The summed E-state index contributed by atoms with van der Waals surface area (Å²) < 4.78 is 26.9. The molecule has 92 valence electrons. The monoisotopic (exact) mass is 240 g/mol. The van der Waals surface area contributed by atoms with Crippen molar-refractivity contribution in [1.82, 2.24) is 15.2 Å². The third kappa shape index (κ3) is 2.27. The fourth-order valence-electron chi connectivity index (χ4n) is 1.87. The normalized spacial score (nSPS) is 13.5. The van der Waals surface area contributed by atoms with Gasteiger partial charge in [0.2, 0.25) is 0 Å². The molecule has 1 atom stereocenters. The first-order valence-corrected chi connectivity index (χ1v) is 5.28. The van der Waals surface area contributed by atoms with Crippen molar-refractivity contribution in [2.24, 2.45) is 12.9 Å². The van der Waals surface area contributed by atoms with Gasteiger partial charge in [-0.15, -0.1) is 0 Å². The maximum atomic E-state index is 12.6. The molecule has 1 heterocycles. The average molecular weight is 240 g/mol. The molecule has 6 heteroatoms. The lowest BCUT2D eigenvalue weighted by Crippen LogP contribution is -2.42. The number of aromatic nitrogens is 2. The van der Waals surface area contributed by atoms with Gasteiger partial charge in [0.25, 0.3) is 6.43 Å². The van der Waals surface area contributed by atoms with Crippen LogP contribution in [0.3, 0.4) is 0 Å². The van der Waals surface area contributed by atoms with Gasteiger partial charge in [-0.25, -0.2) is 8.78 Å². The second-order valence-corrected chi connectivity index (χ2v) is 3.90. The van der Waals surface area contributed by atoms with E-state index in [9.17, 15) is 8.78 Å². The standard InChI is InChI=1S/C11H14F2N4/c1-17-10-5-3-2-4-7(10)8(16-17)6-9(15-14)11(12)13/h2-5,9,11,15H,6,14H2,1H3. The van der Waals surface area contributed by atoms with E-state index in [-0.39, 0.29) is 6.42 Å². The zero-order valence-corrected chi connectivity index (χ0v) is 9.40. The number of rotatable bonds is 4.